The van der Waals surface area contributed by atoms with Gasteiger partial charge in [0.15, 0.2) is 11.0 Å². The van der Waals surface area contributed by atoms with E-state index in [2.05, 4.69) is 42.1 Å². The summed E-state index contributed by atoms with van der Waals surface area (Å²) >= 11 is 5.77. The number of hydrogen-bond acceptors (Lipinski definition) is 3. The van der Waals surface area contributed by atoms with E-state index in [1.807, 2.05) is 6.07 Å². The van der Waals surface area contributed by atoms with Crippen molar-refractivity contribution in [1.82, 2.24) is 10.2 Å². The average molecular weight is 266 g/mol. The van der Waals surface area contributed by atoms with Gasteiger partial charge in [0.25, 0.3) is 0 Å². The molecule has 3 nitrogen and oxygen atoms in total. The highest BCUT2D eigenvalue weighted by Gasteiger charge is 2.21. The van der Waals surface area contributed by atoms with Gasteiger partial charge < -0.3 is 4.90 Å². The third-order valence-electron chi connectivity index (χ3n) is 3.63. The molecule has 1 unspecified atom stereocenters. The van der Waals surface area contributed by atoms with Crippen molar-refractivity contribution in [1.29, 1.82) is 0 Å². The normalized spacial score (nSPS) is 24.3. The highest BCUT2D eigenvalue weighted by molar-refractivity contribution is 6.29. The Morgan fingerprint density at radius 3 is 2.78 bits per heavy atom. The highest BCUT2D eigenvalue weighted by atomic mass is 35.5. The van der Waals surface area contributed by atoms with E-state index < -0.39 is 0 Å². The Hall–Kier alpha value is -1.09. The molecular formula is C14H20ClN3. The summed E-state index contributed by atoms with van der Waals surface area (Å²) in [6, 6.07) is 4.22. The molecule has 0 spiro atoms. The summed E-state index contributed by atoms with van der Waals surface area (Å²) < 4.78 is 0. The molecule has 0 N–H and O–H groups in total. The molecule has 0 saturated carbocycles. The summed E-state index contributed by atoms with van der Waals surface area (Å²) in [7, 11) is 2.09. The lowest BCUT2D eigenvalue weighted by atomic mass is 9.98. The number of rotatable bonds is 2. The van der Waals surface area contributed by atoms with Crippen LogP contribution in [-0.4, -0.2) is 23.3 Å². The molecule has 0 saturated heterocycles. The van der Waals surface area contributed by atoms with Crippen molar-refractivity contribution in [2.24, 2.45) is 5.92 Å². The summed E-state index contributed by atoms with van der Waals surface area (Å²) in [5.74, 6) is 1.61. The number of anilines is 1. The molecule has 0 aromatic carbocycles. The fourth-order valence-electron chi connectivity index (χ4n) is 2.48. The predicted octanol–water partition coefficient (Wildman–Crippen LogP) is 3.70. The van der Waals surface area contributed by atoms with E-state index in [-0.39, 0.29) is 0 Å². The molecule has 1 aliphatic rings. The monoisotopic (exact) mass is 265 g/mol. The summed E-state index contributed by atoms with van der Waals surface area (Å²) in [6.07, 6.45) is 5.84. The largest absolute Gasteiger partial charge is 0.355 e. The minimum Gasteiger partial charge on any atom is -0.355 e. The molecule has 1 aromatic heterocycles. The van der Waals surface area contributed by atoms with Crippen LogP contribution in [0.3, 0.4) is 0 Å². The summed E-state index contributed by atoms with van der Waals surface area (Å²) in [4.78, 5) is 2.22. The Labute approximate surface area is 114 Å². The van der Waals surface area contributed by atoms with Crippen LogP contribution < -0.4 is 4.90 Å². The molecule has 4 heteroatoms. The van der Waals surface area contributed by atoms with Crippen molar-refractivity contribution < 1.29 is 0 Å². The Bertz CT molecular complexity index is 427. The van der Waals surface area contributed by atoms with E-state index >= 15 is 0 Å². The molecule has 2 rings (SSSR count). The summed E-state index contributed by atoms with van der Waals surface area (Å²) in [5, 5.41) is 8.52. The van der Waals surface area contributed by atoms with Gasteiger partial charge in [-0.2, -0.15) is 0 Å². The lowest BCUT2D eigenvalue weighted by molar-refractivity contribution is 0.464. The smallest absolute Gasteiger partial charge is 0.151 e. The number of halogens is 1. The minimum absolute atomic E-state index is 0.442. The third kappa shape index (κ3) is 3.22. The first-order chi connectivity index (χ1) is 8.56. The van der Waals surface area contributed by atoms with E-state index in [0.29, 0.717) is 11.2 Å². The zero-order chi connectivity index (χ0) is 13.1. The van der Waals surface area contributed by atoms with E-state index in [1.165, 1.54) is 18.4 Å². The Morgan fingerprint density at radius 2 is 2.11 bits per heavy atom. The average Bonchev–Trinajstić information content (AvgIpc) is 2.51. The molecule has 0 radical (unpaired) electrons. The van der Waals surface area contributed by atoms with Gasteiger partial charge in [-0.05, 0) is 44.2 Å². The molecule has 0 fully saturated rings. The fourth-order valence-corrected chi connectivity index (χ4v) is 2.58. The van der Waals surface area contributed by atoms with Crippen molar-refractivity contribution in [2.75, 3.05) is 11.9 Å². The third-order valence-corrected chi connectivity index (χ3v) is 3.83. The van der Waals surface area contributed by atoms with Crippen molar-refractivity contribution in [3.8, 4) is 0 Å². The fraction of sp³-hybridized carbons (Fsp3) is 0.571. The first-order valence-electron chi connectivity index (χ1n) is 6.44. The van der Waals surface area contributed by atoms with Gasteiger partial charge in [-0.1, -0.05) is 30.2 Å². The second-order valence-corrected chi connectivity index (χ2v) is 5.70. The van der Waals surface area contributed by atoms with Crippen LogP contribution in [0, 0.1) is 5.92 Å². The van der Waals surface area contributed by atoms with Gasteiger partial charge in [0.2, 0.25) is 0 Å². The first-order valence-corrected chi connectivity index (χ1v) is 6.81. The van der Waals surface area contributed by atoms with Crippen molar-refractivity contribution >= 4 is 17.4 Å². The second kappa shape index (κ2) is 5.70. The topological polar surface area (TPSA) is 29.0 Å². The van der Waals surface area contributed by atoms with Gasteiger partial charge in [-0.3, -0.25) is 0 Å². The molecule has 2 atom stereocenters. The van der Waals surface area contributed by atoms with Gasteiger partial charge in [-0.25, -0.2) is 0 Å². The standard InChI is InChI=1S/C14H20ClN3/c1-10-4-5-11(2)9-12(8-10)18(3)14-7-6-13(15)16-17-14/h4,6-7,11-12H,5,8-9H2,1-3H3/t11-,12?/m1/s1. The summed E-state index contributed by atoms with van der Waals surface area (Å²) in [6.45, 7) is 4.52. The Balaban J connectivity index is 2.14. The van der Waals surface area contributed by atoms with Crippen molar-refractivity contribution in [3.63, 3.8) is 0 Å². The SMILES string of the molecule is CC1=CC[C@@H](C)CC(N(C)c2ccc(Cl)nn2)C1. The van der Waals surface area contributed by atoms with E-state index in [4.69, 9.17) is 11.6 Å². The predicted molar refractivity (Wildman–Crippen MR) is 76.0 cm³/mol. The quantitative estimate of drug-likeness (QED) is 0.764. The van der Waals surface area contributed by atoms with Crippen LogP contribution in [0.15, 0.2) is 23.8 Å². The number of aromatic nitrogens is 2. The van der Waals surface area contributed by atoms with E-state index in [1.54, 1.807) is 6.07 Å². The van der Waals surface area contributed by atoms with Crippen molar-refractivity contribution in [3.05, 3.63) is 28.9 Å². The molecule has 1 aliphatic carbocycles. The molecule has 0 bridgehead atoms. The minimum atomic E-state index is 0.442. The molecule has 1 heterocycles. The maximum absolute atomic E-state index is 5.77. The van der Waals surface area contributed by atoms with E-state index in [0.717, 1.165) is 18.2 Å². The van der Waals surface area contributed by atoms with Gasteiger partial charge in [0, 0.05) is 13.1 Å². The lowest BCUT2D eigenvalue weighted by Crippen LogP contribution is -2.33. The van der Waals surface area contributed by atoms with Crippen LogP contribution in [0.5, 0.6) is 0 Å². The first kappa shape index (κ1) is 13.3. The van der Waals surface area contributed by atoms with Crippen molar-refractivity contribution in [2.45, 2.75) is 39.2 Å². The Morgan fingerprint density at radius 1 is 1.33 bits per heavy atom. The highest BCUT2D eigenvalue weighted by Crippen LogP contribution is 2.27. The molecular weight excluding hydrogens is 246 g/mol. The van der Waals surface area contributed by atoms with Crippen LogP contribution in [0.1, 0.15) is 33.1 Å². The molecule has 1 aromatic rings. The van der Waals surface area contributed by atoms with Crippen LogP contribution >= 0.6 is 11.6 Å². The molecule has 0 aliphatic heterocycles. The lowest BCUT2D eigenvalue weighted by Gasteiger charge is -2.29. The van der Waals surface area contributed by atoms with E-state index in [9.17, 15) is 0 Å². The van der Waals surface area contributed by atoms with Crippen LogP contribution in [0.4, 0.5) is 5.82 Å². The van der Waals surface area contributed by atoms with Gasteiger partial charge in [0.1, 0.15) is 0 Å². The molecule has 0 amide bonds. The van der Waals surface area contributed by atoms with Gasteiger partial charge in [0.05, 0.1) is 0 Å². The number of hydrogen-bond donors (Lipinski definition) is 0. The zero-order valence-corrected chi connectivity index (χ0v) is 12.0. The maximum atomic E-state index is 5.77. The maximum Gasteiger partial charge on any atom is 0.151 e. The zero-order valence-electron chi connectivity index (χ0n) is 11.2. The van der Waals surface area contributed by atoms with Crippen LogP contribution in [0.25, 0.3) is 0 Å². The number of allylic oxidation sites excluding steroid dienone is 1. The molecule has 18 heavy (non-hydrogen) atoms. The molecule has 98 valence electrons. The van der Waals surface area contributed by atoms with Crippen LogP contribution in [0.2, 0.25) is 5.15 Å². The van der Waals surface area contributed by atoms with Gasteiger partial charge >= 0.3 is 0 Å². The summed E-state index contributed by atoms with van der Waals surface area (Å²) in [5.41, 5.74) is 1.47. The number of nitrogens with zero attached hydrogens (tertiary/aromatic N) is 3. The van der Waals surface area contributed by atoms with Crippen LogP contribution in [-0.2, 0) is 0 Å². The Kier molecular flexibility index (Phi) is 4.23. The van der Waals surface area contributed by atoms with Gasteiger partial charge in [-0.15, -0.1) is 10.2 Å². The second-order valence-electron chi connectivity index (χ2n) is 5.31.